The van der Waals surface area contributed by atoms with Gasteiger partial charge < -0.3 is 10.4 Å². The molecule has 0 bridgehead atoms. The monoisotopic (exact) mass is 322 g/mol. The van der Waals surface area contributed by atoms with Gasteiger partial charge in [0.1, 0.15) is 22.8 Å². The maximum absolute atomic E-state index is 13.5. The molecule has 0 radical (unpaired) electrons. The van der Waals surface area contributed by atoms with Crippen molar-refractivity contribution in [1.82, 2.24) is 9.78 Å². The van der Waals surface area contributed by atoms with Crippen LogP contribution in [0.3, 0.4) is 0 Å². The molecule has 1 aromatic heterocycles. The third-order valence-electron chi connectivity index (χ3n) is 3.33. The van der Waals surface area contributed by atoms with Gasteiger partial charge in [-0.2, -0.15) is 5.10 Å². The molecule has 1 heterocycles. The van der Waals surface area contributed by atoms with E-state index in [1.807, 2.05) is 0 Å². The number of para-hydroxylation sites is 1. The van der Waals surface area contributed by atoms with Crippen molar-refractivity contribution in [3.63, 3.8) is 0 Å². The van der Waals surface area contributed by atoms with Gasteiger partial charge in [-0.05, 0) is 26.0 Å². The summed E-state index contributed by atoms with van der Waals surface area (Å²) in [6, 6.07) is 3.68. The lowest BCUT2D eigenvalue weighted by molar-refractivity contribution is -0.386. The molecule has 9 heteroatoms. The van der Waals surface area contributed by atoms with Crippen LogP contribution < -0.4 is 5.32 Å². The molecule has 122 valence electrons. The number of nitrogens with one attached hydrogen (secondary N) is 1. The second-order valence-electron chi connectivity index (χ2n) is 4.93. The first-order chi connectivity index (χ1) is 10.8. The molecule has 0 aliphatic rings. The summed E-state index contributed by atoms with van der Waals surface area (Å²) in [6.07, 6.45) is -0.0765. The highest BCUT2D eigenvalue weighted by Gasteiger charge is 2.22. The van der Waals surface area contributed by atoms with Crippen LogP contribution >= 0.6 is 0 Å². The zero-order valence-corrected chi connectivity index (χ0v) is 12.5. The Morgan fingerprint density at radius 3 is 2.74 bits per heavy atom. The van der Waals surface area contributed by atoms with E-state index in [4.69, 9.17) is 0 Å². The Labute approximate surface area is 130 Å². The summed E-state index contributed by atoms with van der Waals surface area (Å²) in [4.78, 5) is 22.3. The van der Waals surface area contributed by atoms with Gasteiger partial charge >= 0.3 is 5.69 Å². The van der Waals surface area contributed by atoms with E-state index in [2.05, 4.69) is 10.4 Å². The first-order valence-electron chi connectivity index (χ1n) is 6.77. The van der Waals surface area contributed by atoms with Gasteiger partial charge in [-0.1, -0.05) is 6.07 Å². The second kappa shape index (κ2) is 6.42. The lowest BCUT2D eigenvalue weighted by atomic mass is 10.2. The van der Waals surface area contributed by atoms with E-state index in [-0.39, 0.29) is 35.8 Å². The molecule has 2 aromatic rings. The molecule has 23 heavy (non-hydrogen) atoms. The molecular weight excluding hydrogens is 307 g/mol. The molecule has 0 saturated carbocycles. The molecule has 0 atom stereocenters. The van der Waals surface area contributed by atoms with E-state index in [1.54, 1.807) is 6.92 Å². The lowest BCUT2D eigenvalue weighted by Gasteiger charge is -2.08. The number of amides is 1. The number of carbonyl (C=O) groups excluding carboxylic acids is 1. The van der Waals surface area contributed by atoms with Crippen molar-refractivity contribution in [3.8, 4) is 5.75 Å². The van der Waals surface area contributed by atoms with Gasteiger partial charge in [0.25, 0.3) is 0 Å². The summed E-state index contributed by atoms with van der Waals surface area (Å²) in [5, 5.41) is 26.7. The smallest absolute Gasteiger partial charge is 0.312 e. The van der Waals surface area contributed by atoms with Crippen LogP contribution in [0.15, 0.2) is 18.2 Å². The molecule has 1 aromatic carbocycles. The number of aryl methyl sites for hydroxylation is 2. The first kappa shape index (κ1) is 16.4. The largest absolute Gasteiger partial charge is 0.506 e. The van der Waals surface area contributed by atoms with Gasteiger partial charge in [0.2, 0.25) is 5.91 Å². The average molecular weight is 322 g/mol. The summed E-state index contributed by atoms with van der Waals surface area (Å²) in [6.45, 7) is 3.15. The van der Waals surface area contributed by atoms with Crippen LogP contribution in [0.4, 0.5) is 15.8 Å². The second-order valence-corrected chi connectivity index (χ2v) is 4.93. The maximum atomic E-state index is 13.5. The first-order valence-corrected chi connectivity index (χ1v) is 6.77. The van der Waals surface area contributed by atoms with Crippen molar-refractivity contribution in [3.05, 3.63) is 45.5 Å². The molecule has 8 nitrogen and oxygen atoms in total. The van der Waals surface area contributed by atoms with Crippen molar-refractivity contribution >= 4 is 17.3 Å². The number of benzene rings is 1. The predicted octanol–water partition coefficient (Wildman–Crippen LogP) is 2.28. The van der Waals surface area contributed by atoms with E-state index >= 15 is 0 Å². The topological polar surface area (TPSA) is 110 Å². The fourth-order valence-electron chi connectivity index (χ4n) is 2.22. The Balaban J connectivity index is 2.06. The number of hydrogen-bond donors (Lipinski definition) is 2. The van der Waals surface area contributed by atoms with Gasteiger partial charge in [0, 0.05) is 6.42 Å². The van der Waals surface area contributed by atoms with Crippen molar-refractivity contribution < 1.29 is 19.2 Å². The fraction of sp³-hybridized carbons (Fsp3) is 0.286. The van der Waals surface area contributed by atoms with Gasteiger partial charge in [-0.25, -0.2) is 4.39 Å². The Morgan fingerprint density at radius 1 is 1.48 bits per heavy atom. The number of aromatic nitrogens is 2. The quantitative estimate of drug-likeness (QED) is 0.498. The number of nitro groups is 1. The van der Waals surface area contributed by atoms with Crippen molar-refractivity contribution in [1.29, 1.82) is 0 Å². The molecule has 0 fully saturated rings. The molecule has 2 N–H and O–H groups in total. The maximum Gasteiger partial charge on any atom is 0.312 e. The number of hydrogen-bond acceptors (Lipinski definition) is 5. The third-order valence-corrected chi connectivity index (χ3v) is 3.33. The summed E-state index contributed by atoms with van der Waals surface area (Å²) >= 11 is 0. The standard InChI is InChI=1S/C14H15FN4O4/c1-8-14(19(22)23)9(2)18(17-8)7-6-12(21)16-13-10(15)4-3-5-11(13)20/h3-5,20H,6-7H2,1-2H3,(H,16,21). The highest BCUT2D eigenvalue weighted by molar-refractivity contribution is 5.92. The molecule has 1 amide bonds. The van der Waals surface area contributed by atoms with Gasteiger partial charge in [-0.15, -0.1) is 0 Å². The highest BCUT2D eigenvalue weighted by Crippen LogP contribution is 2.26. The number of halogens is 1. The van der Waals surface area contributed by atoms with Crippen LogP contribution in [0.5, 0.6) is 5.75 Å². The number of carbonyl (C=O) groups is 1. The lowest BCUT2D eigenvalue weighted by Crippen LogP contribution is -2.16. The van der Waals surface area contributed by atoms with E-state index in [9.17, 15) is 24.4 Å². The Morgan fingerprint density at radius 2 is 2.17 bits per heavy atom. The van der Waals surface area contributed by atoms with E-state index in [1.165, 1.54) is 23.7 Å². The summed E-state index contributed by atoms with van der Waals surface area (Å²) < 4.78 is 14.9. The van der Waals surface area contributed by atoms with E-state index < -0.39 is 16.6 Å². The van der Waals surface area contributed by atoms with Gasteiger partial charge in [0.05, 0.1) is 11.5 Å². The van der Waals surface area contributed by atoms with Crippen LogP contribution in [0, 0.1) is 29.8 Å². The molecule has 0 aliphatic heterocycles. The average Bonchev–Trinajstić information content (AvgIpc) is 2.75. The van der Waals surface area contributed by atoms with Crippen LogP contribution in [-0.2, 0) is 11.3 Å². The number of aromatic hydroxyl groups is 1. The van der Waals surface area contributed by atoms with E-state index in [0.29, 0.717) is 5.69 Å². The number of phenolic OH excluding ortho intramolecular Hbond substituents is 1. The summed E-state index contributed by atoms with van der Waals surface area (Å²) in [5.74, 6) is -1.67. The van der Waals surface area contributed by atoms with Crippen LogP contribution in [0.2, 0.25) is 0 Å². The minimum Gasteiger partial charge on any atom is -0.506 e. The highest BCUT2D eigenvalue weighted by atomic mass is 19.1. The third kappa shape index (κ3) is 3.44. The van der Waals surface area contributed by atoms with Crippen molar-refractivity contribution in [2.45, 2.75) is 26.8 Å². The van der Waals surface area contributed by atoms with Crippen LogP contribution in [-0.4, -0.2) is 25.7 Å². The fourth-order valence-corrected chi connectivity index (χ4v) is 2.22. The number of phenols is 1. The molecular formula is C14H15FN4O4. The van der Waals surface area contributed by atoms with Crippen molar-refractivity contribution in [2.24, 2.45) is 0 Å². The minimum atomic E-state index is -0.750. The Bertz CT molecular complexity index is 752. The molecule has 0 saturated heterocycles. The number of rotatable bonds is 5. The van der Waals surface area contributed by atoms with Gasteiger partial charge in [0.15, 0.2) is 5.82 Å². The molecule has 0 unspecified atom stereocenters. The van der Waals surface area contributed by atoms with Crippen LogP contribution in [0.1, 0.15) is 17.8 Å². The Kier molecular flexibility index (Phi) is 4.58. The predicted molar refractivity (Wildman–Crippen MR) is 79.7 cm³/mol. The summed E-state index contributed by atoms with van der Waals surface area (Å²) in [7, 11) is 0. The number of nitrogens with zero attached hydrogens (tertiary/aromatic N) is 3. The molecule has 0 spiro atoms. The number of anilines is 1. The zero-order chi connectivity index (χ0) is 17.1. The van der Waals surface area contributed by atoms with Crippen LogP contribution in [0.25, 0.3) is 0 Å². The normalized spacial score (nSPS) is 10.6. The minimum absolute atomic E-state index is 0.0765. The summed E-state index contributed by atoms with van der Waals surface area (Å²) in [5.41, 5.74) is 0.225. The molecule has 0 aliphatic carbocycles. The molecule has 2 rings (SSSR count). The SMILES string of the molecule is Cc1nn(CCC(=O)Nc2c(O)cccc2F)c(C)c1[N+](=O)[O-]. The van der Waals surface area contributed by atoms with E-state index in [0.717, 1.165) is 6.07 Å². The van der Waals surface area contributed by atoms with Gasteiger partial charge in [-0.3, -0.25) is 19.6 Å². The zero-order valence-electron chi connectivity index (χ0n) is 12.5. The Hall–Kier alpha value is -2.97. The van der Waals surface area contributed by atoms with Crippen molar-refractivity contribution in [2.75, 3.05) is 5.32 Å².